The van der Waals surface area contributed by atoms with Crippen LogP contribution in [0.5, 0.6) is 5.88 Å². The molecule has 0 spiro atoms. The number of benzene rings is 1. The van der Waals surface area contributed by atoms with Gasteiger partial charge in [0.1, 0.15) is 11.6 Å². The van der Waals surface area contributed by atoms with Crippen LogP contribution in [-0.4, -0.2) is 40.1 Å². The van der Waals surface area contributed by atoms with E-state index in [0.29, 0.717) is 29.9 Å². The van der Waals surface area contributed by atoms with E-state index in [2.05, 4.69) is 20.7 Å². The van der Waals surface area contributed by atoms with Crippen LogP contribution in [-0.2, 0) is 4.74 Å². The van der Waals surface area contributed by atoms with Gasteiger partial charge in [0.25, 0.3) is 5.88 Å². The highest BCUT2D eigenvalue weighted by Crippen LogP contribution is 2.32. The van der Waals surface area contributed by atoms with Crippen LogP contribution in [0.25, 0.3) is 10.9 Å². The van der Waals surface area contributed by atoms with E-state index < -0.39 is 12.1 Å². The van der Waals surface area contributed by atoms with Crippen molar-refractivity contribution in [2.24, 2.45) is 5.73 Å². The summed E-state index contributed by atoms with van der Waals surface area (Å²) in [6.45, 7) is 2.98. The molecule has 0 unspecified atom stereocenters. The number of aromatic nitrogens is 3. The minimum atomic E-state index is -0.972. The number of carbonyl (C=O) groups excluding carboxylic acids is 2. The molecule has 4 N–H and O–H groups in total. The molecule has 1 atom stereocenters. The lowest BCUT2D eigenvalue weighted by Gasteiger charge is -2.23. The minimum absolute atomic E-state index is 0.0408. The van der Waals surface area contributed by atoms with Crippen LogP contribution in [0.3, 0.4) is 0 Å². The van der Waals surface area contributed by atoms with Crippen LogP contribution in [0.4, 0.5) is 19.8 Å². The lowest BCUT2D eigenvalue weighted by Crippen LogP contribution is -2.31. The largest absolute Gasteiger partial charge is 0.411 e. The van der Waals surface area contributed by atoms with Crippen LogP contribution in [0.15, 0.2) is 36.5 Å². The monoisotopic (exact) mass is 442 g/mol. The number of fused-ring (bicyclic) bond motifs is 1. The molecule has 1 aliphatic heterocycles. The number of hydrogen-bond donors (Lipinski definition) is 3. The normalized spacial score (nSPS) is 15.3. The lowest BCUT2D eigenvalue weighted by molar-refractivity contribution is 0.0671. The molecule has 1 fully saturated rings. The summed E-state index contributed by atoms with van der Waals surface area (Å²) in [6.07, 6.45) is 1.98. The Morgan fingerprint density at radius 2 is 2.00 bits per heavy atom. The zero-order valence-corrected chi connectivity index (χ0v) is 17.4. The molecule has 1 aromatic carbocycles. The molecular formula is C21H23FN6O4. The number of amides is 3. The Hall–Kier alpha value is -3.73. The predicted molar refractivity (Wildman–Crippen MR) is 114 cm³/mol. The zero-order valence-electron chi connectivity index (χ0n) is 17.4. The number of pyridine rings is 1. The molecule has 3 aromatic rings. The molecule has 4 rings (SSSR count). The number of hydrogen-bond acceptors (Lipinski definition) is 6. The van der Waals surface area contributed by atoms with Crippen LogP contribution in [0, 0.1) is 5.82 Å². The lowest BCUT2D eigenvalue weighted by atomic mass is 10.1. The van der Waals surface area contributed by atoms with Gasteiger partial charge in [0.15, 0.2) is 0 Å². The molecule has 1 saturated heterocycles. The van der Waals surface area contributed by atoms with Crippen molar-refractivity contribution >= 4 is 28.8 Å². The average Bonchev–Trinajstić information content (AvgIpc) is 3.11. The molecule has 32 heavy (non-hydrogen) atoms. The summed E-state index contributed by atoms with van der Waals surface area (Å²) in [5, 5.41) is 10.4. The summed E-state index contributed by atoms with van der Waals surface area (Å²) < 4.78 is 25.3. The fourth-order valence-electron chi connectivity index (χ4n) is 3.64. The fraction of sp³-hybridized carbons (Fsp3) is 0.333. The van der Waals surface area contributed by atoms with Crippen molar-refractivity contribution in [3.63, 3.8) is 0 Å². The average molecular weight is 442 g/mol. The number of nitrogens with one attached hydrogen (secondary N) is 2. The quantitative estimate of drug-likeness (QED) is 0.555. The Kier molecular flexibility index (Phi) is 6.17. The number of primary amides is 1. The van der Waals surface area contributed by atoms with E-state index in [-0.39, 0.29) is 23.8 Å². The summed E-state index contributed by atoms with van der Waals surface area (Å²) in [5.74, 6) is 0.0105. The first-order chi connectivity index (χ1) is 15.4. The maximum Gasteiger partial charge on any atom is 0.411 e. The van der Waals surface area contributed by atoms with Crippen molar-refractivity contribution < 1.29 is 23.5 Å². The second-order valence-electron chi connectivity index (χ2n) is 7.47. The van der Waals surface area contributed by atoms with E-state index in [4.69, 9.17) is 15.2 Å². The van der Waals surface area contributed by atoms with E-state index in [0.717, 1.165) is 18.4 Å². The second-order valence-corrected chi connectivity index (χ2v) is 7.47. The second kappa shape index (κ2) is 9.18. The van der Waals surface area contributed by atoms with Gasteiger partial charge < -0.3 is 20.5 Å². The summed E-state index contributed by atoms with van der Waals surface area (Å²) in [7, 11) is 0. The molecule has 0 radical (unpaired) electrons. The highest BCUT2D eigenvalue weighted by molar-refractivity contribution is 5.93. The van der Waals surface area contributed by atoms with Gasteiger partial charge in [0.05, 0.1) is 23.0 Å². The highest BCUT2D eigenvalue weighted by atomic mass is 19.1. The van der Waals surface area contributed by atoms with Crippen molar-refractivity contribution in [2.45, 2.75) is 31.8 Å². The third kappa shape index (κ3) is 4.78. The number of halogens is 1. The maximum atomic E-state index is 13.1. The Bertz CT molecular complexity index is 1130. The molecule has 2 aromatic heterocycles. The molecule has 0 bridgehead atoms. The molecule has 0 saturated carbocycles. The van der Waals surface area contributed by atoms with Gasteiger partial charge in [-0.25, -0.2) is 19.0 Å². The summed E-state index contributed by atoms with van der Waals surface area (Å²) in [4.78, 5) is 28.0. The van der Waals surface area contributed by atoms with Crippen LogP contribution in [0.1, 0.15) is 37.4 Å². The van der Waals surface area contributed by atoms with Crippen molar-refractivity contribution in [1.82, 2.24) is 20.1 Å². The number of urea groups is 1. The molecule has 11 heteroatoms. The van der Waals surface area contributed by atoms with Gasteiger partial charge in [0.2, 0.25) is 0 Å². The van der Waals surface area contributed by atoms with Gasteiger partial charge >= 0.3 is 12.1 Å². The van der Waals surface area contributed by atoms with Gasteiger partial charge in [-0.2, -0.15) is 0 Å². The maximum absolute atomic E-state index is 13.1. The van der Waals surface area contributed by atoms with E-state index in [1.54, 1.807) is 29.8 Å². The van der Waals surface area contributed by atoms with E-state index in [1.807, 2.05) is 0 Å². The van der Waals surface area contributed by atoms with E-state index in [1.165, 1.54) is 18.3 Å². The van der Waals surface area contributed by atoms with Crippen molar-refractivity contribution in [3.8, 4) is 5.88 Å². The number of carbonyl (C=O) groups is 2. The first-order valence-corrected chi connectivity index (χ1v) is 10.2. The standard InChI is InChI=1S/C21H23FN6O4/c1-12(13-2-4-14(22)5-3-13)25-21(30)26-18-10-17-16(11-24-18)19(32-20(23)29)27-28(17)15-6-8-31-9-7-15/h2-5,10-12,15H,6-9H2,1H3,(H2,23,29)(H2,24,25,26,30)/t12-/m1/s1. The minimum Gasteiger partial charge on any atom is -0.389 e. The Morgan fingerprint density at radius 1 is 1.28 bits per heavy atom. The molecule has 1 aliphatic rings. The Balaban J connectivity index is 1.55. The summed E-state index contributed by atoms with van der Waals surface area (Å²) in [5.41, 5.74) is 6.57. The van der Waals surface area contributed by atoms with Gasteiger partial charge in [-0.15, -0.1) is 5.10 Å². The van der Waals surface area contributed by atoms with Gasteiger partial charge in [-0.05, 0) is 37.5 Å². The van der Waals surface area contributed by atoms with E-state index in [9.17, 15) is 14.0 Å². The third-order valence-corrected chi connectivity index (χ3v) is 5.25. The number of rotatable bonds is 5. The number of anilines is 1. The van der Waals surface area contributed by atoms with Crippen LogP contribution < -0.4 is 21.1 Å². The van der Waals surface area contributed by atoms with Crippen LogP contribution in [0.2, 0.25) is 0 Å². The van der Waals surface area contributed by atoms with Crippen molar-refractivity contribution in [3.05, 3.63) is 47.9 Å². The Morgan fingerprint density at radius 3 is 2.69 bits per heavy atom. The molecule has 0 aliphatic carbocycles. The van der Waals surface area contributed by atoms with Crippen molar-refractivity contribution in [2.75, 3.05) is 18.5 Å². The van der Waals surface area contributed by atoms with Crippen molar-refractivity contribution in [1.29, 1.82) is 0 Å². The summed E-state index contributed by atoms with van der Waals surface area (Å²) in [6, 6.07) is 6.78. The first-order valence-electron chi connectivity index (χ1n) is 10.2. The third-order valence-electron chi connectivity index (χ3n) is 5.25. The molecule has 168 valence electrons. The molecule has 3 amide bonds. The van der Waals surface area contributed by atoms with Gasteiger partial charge in [-0.1, -0.05) is 12.1 Å². The number of nitrogens with two attached hydrogens (primary N) is 1. The highest BCUT2D eigenvalue weighted by Gasteiger charge is 2.23. The molecule has 10 nitrogen and oxygen atoms in total. The molecule has 3 heterocycles. The topological polar surface area (TPSA) is 133 Å². The SMILES string of the molecule is C[C@@H](NC(=O)Nc1cc2c(cn1)c(OC(N)=O)nn2C1CCOCC1)c1ccc(F)cc1. The smallest absolute Gasteiger partial charge is 0.389 e. The summed E-state index contributed by atoms with van der Waals surface area (Å²) >= 11 is 0. The van der Waals surface area contributed by atoms with Gasteiger partial charge in [0, 0.05) is 25.5 Å². The number of nitrogens with zero attached hydrogens (tertiary/aromatic N) is 3. The molecular weight excluding hydrogens is 419 g/mol. The van der Waals surface area contributed by atoms with E-state index >= 15 is 0 Å². The zero-order chi connectivity index (χ0) is 22.7. The fourth-order valence-corrected chi connectivity index (χ4v) is 3.64. The van der Waals surface area contributed by atoms with Crippen LogP contribution >= 0.6 is 0 Å². The predicted octanol–water partition coefficient (Wildman–Crippen LogP) is 3.26. The Labute approximate surface area is 182 Å². The number of ether oxygens (including phenoxy) is 2. The van der Waals surface area contributed by atoms with Gasteiger partial charge in [-0.3, -0.25) is 10.00 Å². The first kappa shape index (κ1) is 21.5.